The van der Waals surface area contributed by atoms with Crippen LogP contribution in [0.1, 0.15) is 18.0 Å². The van der Waals surface area contributed by atoms with Gasteiger partial charge in [0.25, 0.3) is 0 Å². The van der Waals surface area contributed by atoms with Crippen LogP contribution in [0, 0.1) is 11.3 Å². The molecular formula is C14H18BrN3O2. The largest absolute Gasteiger partial charge is 0.503 e. The molecule has 6 heteroatoms. The van der Waals surface area contributed by atoms with E-state index < -0.39 is 0 Å². The zero-order valence-corrected chi connectivity index (χ0v) is 13.0. The van der Waals surface area contributed by atoms with Gasteiger partial charge >= 0.3 is 0 Å². The highest BCUT2D eigenvalue weighted by Gasteiger charge is 2.23. The van der Waals surface area contributed by atoms with Gasteiger partial charge in [-0.3, -0.25) is 4.90 Å². The van der Waals surface area contributed by atoms with Gasteiger partial charge in [-0.05, 0) is 46.6 Å². The monoisotopic (exact) mass is 339 g/mol. The number of phenols is 1. The van der Waals surface area contributed by atoms with E-state index in [2.05, 4.69) is 32.2 Å². The van der Waals surface area contributed by atoms with Crippen LogP contribution in [0.3, 0.4) is 0 Å². The van der Waals surface area contributed by atoms with Gasteiger partial charge in [-0.1, -0.05) is 0 Å². The van der Waals surface area contributed by atoms with E-state index in [1.165, 1.54) is 7.11 Å². The SMILES string of the molecule is COc1cc(C(C#N)N2CCCNCC2)cc(Br)c1O. The van der Waals surface area contributed by atoms with E-state index in [0.29, 0.717) is 10.2 Å². The molecule has 1 fully saturated rings. The number of methoxy groups -OCH3 is 1. The highest BCUT2D eigenvalue weighted by molar-refractivity contribution is 9.10. The summed E-state index contributed by atoms with van der Waals surface area (Å²) >= 11 is 3.30. The average molecular weight is 340 g/mol. The van der Waals surface area contributed by atoms with Gasteiger partial charge in [0.2, 0.25) is 0 Å². The number of halogens is 1. The smallest absolute Gasteiger partial charge is 0.172 e. The molecule has 2 N–H and O–H groups in total. The molecule has 1 atom stereocenters. The fourth-order valence-corrected chi connectivity index (χ4v) is 2.86. The first-order valence-electron chi connectivity index (χ1n) is 6.58. The van der Waals surface area contributed by atoms with Crippen molar-refractivity contribution in [3.63, 3.8) is 0 Å². The number of aromatic hydroxyl groups is 1. The number of benzene rings is 1. The molecule has 2 rings (SSSR count). The molecule has 0 saturated carbocycles. The number of nitrogens with one attached hydrogen (secondary N) is 1. The second kappa shape index (κ2) is 6.93. The fourth-order valence-electron chi connectivity index (χ4n) is 2.40. The topological polar surface area (TPSA) is 68.5 Å². The van der Waals surface area contributed by atoms with Gasteiger partial charge in [0.05, 0.1) is 17.7 Å². The third kappa shape index (κ3) is 3.23. The highest BCUT2D eigenvalue weighted by atomic mass is 79.9. The summed E-state index contributed by atoms with van der Waals surface area (Å²) in [7, 11) is 1.50. The highest BCUT2D eigenvalue weighted by Crippen LogP contribution is 2.37. The molecule has 1 unspecified atom stereocenters. The lowest BCUT2D eigenvalue weighted by molar-refractivity contribution is 0.251. The van der Waals surface area contributed by atoms with Crippen molar-refractivity contribution in [2.75, 3.05) is 33.3 Å². The molecule has 5 nitrogen and oxygen atoms in total. The molecule has 0 bridgehead atoms. The molecule has 1 saturated heterocycles. The minimum atomic E-state index is -0.333. The molecule has 0 spiro atoms. The Balaban J connectivity index is 2.31. The lowest BCUT2D eigenvalue weighted by atomic mass is 10.1. The Hall–Kier alpha value is -1.29. The van der Waals surface area contributed by atoms with Crippen molar-refractivity contribution in [2.24, 2.45) is 0 Å². The first-order chi connectivity index (χ1) is 9.67. The van der Waals surface area contributed by atoms with Crippen molar-refractivity contribution in [2.45, 2.75) is 12.5 Å². The molecule has 0 aromatic heterocycles. The first-order valence-corrected chi connectivity index (χ1v) is 7.37. The normalized spacial score (nSPS) is 18.1. The molecule has 0 amide bonds. The van der Waals surface area contributed by atoms with Crippen LogP contribution in [-0.4, -0.2) is 43.3 Å². The van der Waals surface area contributed by atoms with Gasteiger partial charge in [-0.25, -0.2) is 0 Å². The zero-order valence-electron chi connectivity index (χ0n) is 11.4. The number of nitriles is 1. The van der Waals surface area contributed by atoms with E-state index in [-0.39, 0.29) is 11.8 Å². The van der Waals surface area contributed by atoms with Gasteiger partial charge < -0.3 is 15.2 Å². The molecule has 1 heterocycles. The van der Waals surface area contributed by atoms with Crippen molar-refractivity contribution in [1.82, 2.24) is 10.2 Å². The number of nitrogens with zero attached hydrogens (tertiary/aromatic N) is 2. The predicted molar refractivity (Wildman–Crippen MR) is 79.8 cm³/mol. The van der Waals surface area contributed by atoms with Gasteiger partial charge in [0.15, 0.2) is 11.5 Å². The molecule has 1 aromatic rings. The van der Waals surface area contributed by atoms with Crippen molar-refractivity contribution >= 4 is 15.9 Å². The van der Waals surface area contributed by atoms with Crippen molar-refractivity contribution < 1.29 is 9.84 Å². The van der Waals surface area contributed by atoms with E-state index in [0.717, 1.165) is 38.2 Å². The molecule has 1 aliphatic rings. The number of ether oxygens (including phenoxy) is 1. The Bertz CT molecular complexity index is 508. The maximum atomic E-state index is 9.85. The molecule has 0 radical (unpaired) electrons. The lowest BCUT2D eigenvalue weighted by Crippen LogP contribution is -2.31. The van der Waals surface area contributed by atoms with Crippen LogP contribution in [0.4, 0.5) is 0 Å². The Morgan fingerprint density at radius 1 is 1.45 bits per heavy atom. The van der Waals surface area contributed by atoms with Crippen LogP contribution in [-0.2, 0) is 0 Å². The van der Waals surface area contributed by atoms with Crippen molar-refractivity contribution in [3.8, 4) is 17.6 Å². The molecule has 1 aliphatic heterocycles. The summed E-state index contributed by atoms with van der Waals surface area (Å²) in [4.78, 5) is 2.15. The Morgan fingerprint density at radius 3 is 2.95 bits per heavy atom. The lowest BCUT2D eigenvalue weighted by Gasteiger charge is -2.26. The summed E-state index contributed by atoms with van der Waals surface area (Å²) < 4.78 is 5.69. The summed E-state index contributed by atoms with van der Waals surface area (Å²) in [6.07, 6.45) is 1.02. The second-order valence-electron chi connectivity index (χ2n) is 4.72. The summed E-state index contributed by atoms with van der Waals surface area (Å²) in [6, 6.07) is 5.53. The number of phenolic OH excluding ortho intramolecular Hbond substituents is 1. The maximum Gasteiger partial charge on any atom is 0.172 e. The minimum Gasteiger partial charge on any atom is -0.503 e. The summed E-state index contributed by atoms with van der Waals surface area (Å²) in [5.74, 6) is 0.438. The zero-order chi connectivity index (χ0) is 14.5. The molecule has 20 heavy (non-hydrogen) atoms. The van der Waals surface area contributed by atoms with Gasteiger partial charge in [-0.2, -0.15) is 5.26 Å². The predicted octanol–water partition coefficient (Wildman–Crippen LogP) is 2.02. The van der Waals surface area contributed by atoms with Crippen LogP contribution in [0.15, 0.2) is 16.6 Å². The fraction of sp³-hybridized carbons (Fsp3) is 0.500. The number of hydrogen-bond acceptors (Lipinski definition) is 5. The van der Waals surface area contributed by atoms with Crippen LogP contribution in [0.2, 0.25) is 0 Å². The average Bonchev–Trinajstić information content (AvgIpc) is 2.72. The number of rotatable bonds is 3. The van der Waals surface area contributed by atoms with E-state index in [9.17, 15) is 10.4 Å². The summed E-state index contributed by atoms with van der Waals surface area (Å²) in [5, 5.41) is 22.7. The minimum absolute atomic E-state index is 0.0606. The van der Waals surface area contributed by atoms with E-state index in [1.54, 1.807) is 12.1 Å². The summed E-state index contributed by atoms with van der Waals surface area (Å²) in [6.45, 7) is 3.58. The maximum absolute atomic E-state index is 9.85. The Morgan fingerprint density at radius 2 is 2.25 bits per heavy atom. The van der Waals surface area contributed by atoms with Gasteiger partial charge in [0.1, 0.15) is 6.04 Å². The van der Waals surface area contributed by atoms with Crippen molar-refractivity contribution in [3.05, 3.63) is 22.2 Å². The number of hydrogen-bond donors (Lipinski definition) is 2. The Labute approximate surface area is 127 Å². The van der Waals surface area contributed by atoms with E-state index in [1.807, 2.05) is 0 Å². The third-order valence-corrected chi connectivity index (χ3v) is 4.05. The summed E-state index contributed by atoms with van der Waals surface area (Å²) in [5.41, 5.74) is 0.830. The van der Waals surface area contributed by atoms with E-state index in [4.69, 9.17) is 4.74 Å². The molecular weight excluding hydrogens is 322 g/mol. The van der Waals surface area contributed by atoms with Crippen molar-refractivity contribution in [1.29, 1.82) is 5.26 Å². The van der Waals surface area contributed by atoms with Crippen LogP contribution < -0.4 is 10.1 Å². The molecule has 0 aliphatic carbocycles. The Kier molecular flexibility index (Phi) is 5.24. The quantitative estimate of drug-likeness (QED) is 0.881. The van der Waals surface area contributed by atoms with Gasteiger partial charge in [-0.15, -0.1) is 0 Å². The van der Waals surface area contributed by atoms with Crippen LogP contribution in [0.25, 0.3) is 0 Å². The molecule has 1 aromatic carbocycles. The third-order valence-electron chi connectivity index (χ3n) is 3.45. The van der Waals surface area contributed by atoms with Crippen LogP contribution in [0.5, 0.6) is 11.5 Å². The molecule has 108 valence electrons. The van der Waals surface area contributed by atoms with E-state index >= 15 is 0 Å². The second-order valence-corrected chi connectivity index (χ2v) is 5.58. The first kappa shape index (κ1) is 15.1. The van der Waals surface area contributed by atoms with Gasteiger partial charge in [0, 0.05) is 19.6 Å². The van der Waals surface area contributed by atoms with Crippen LogP contribution >= 0.6 is 15.9 Å². The standard InChI is InChI=1S/C14H18BrN3O2/c1-20-13-8-10(7-11(15)14(13)19)12(9-16)18-5-2-3-17-4-6-18/h7-8,12,17,19H,2-6H2,1H3.